The first-order valence-corrected chi connectivity index (χ1v) is 9.71. The van der Waals surface area contributed by atoms with E-state index in [1.165, 1.54) is 0 Å². The van der Waals surface area contributed by atoms with Crippen LogP contribution in [-0.2, 0) is 11.3 Å². The van der Waals surface area contributed by atoms with Gasteiger partial charge in [-0.05, 0) is 69.9 Å². The van der Waals surface area contributed by atoms with Gasteiger partial charge >= 0.3 is 0 Å². The molecular weight excluding hydrogens is 334 g/mol. The Balaban J connectivity index is 2.30. The average molecular weight is 366 g/mol. The van der Waals surface area contributed by atoms with Gasteiger partial charge in [0.25, 0.3) is 0 Å². The largest absolute Gasteiger partial charge is 0.356 e. The molecule has 0 spiro atoms. The molecule has 0 N–H and O–H groups in total. The van der Waals surface area contributed by atoms with Gasteiger partial charge in [-0.15, -0.1) is 0 Å². The number of unbranched alkanes of at least 4 members (excludes halogenated alkanes) is 1. The van der Waals surface area contributed by atoms with Crippen LogP contribution in [0.15, 0.2) is 41.7 Å². The fraction of sp³-hybridized carbons (Fsp3) is 0.435. The molecule has 0 aromatic carbocycles. The molecule has 2 aromatic rings. The number of allylic oxidation sites excluding steroid dienone is 1. The highest BCUT2D eigenvalue weighted by atomic mass is 16.6. The second-order valence-electron chi connectivity index (χ2n) is 7.40. The van der Waals surface area contributed by atoms with Crippen LogP contribution < -0.4 is 0 Å². The van der Waals surface area contributed by atoms with Gasteiger partial charge in [0.05, 0.1) is 5.71 Å². The lowest BCUT2D eigenvalue weighted by atomic mass is 10.0. The number of aromatic nitrogens is 2. The number of hydrogen-bond donors (Lipinski definition) is 0. The molecule has 0 atom stereocenters. The maximum atomic E-state index is 5.90. The summed E-state index contributed by atoms with van der Waals surface area (Å²) >= 11 is 0. The number of rotatable bonds is 8. The zero-order valence-corrected chi connectivity index (χ0v) is 17.4. The van der Waals surface area contributed by atoms with Crippen molar-refractivity contribution in [2.24, 2.45) is 11.1 Å². The van der Waals surface area contributed by atoms with Crippen molar-refractivity contribution in [2.75, 3.05) is 0 Å². The first-order chi connectivity index (χ1) is 12.9. The summed E-state index contributed by atoms with van der Waals surface area (Å²) in [5.41, 5.74) is 5.94. The van der Waals surface area contributed by atoms with Crippen LogP contribution in [0.4, 0.5) is 0 Å². The van der Waals surface area contributed by atoms with Gasteiger partial charge in [-0.3, -0.25) is 9.97 Å². The maximum absolute atomic E-state index is 5.90. The summed E-state index contributed by atoms with van der Waals surface area (Å²) in [6.45, 7) is 12.5. The van der Waals surface area contributed by atoms with Gasteiger partial charge in [-0.25, -0.2) is 0 Å². The summed E-state index contributed by atoms with van der Waals surface area (Å²) < 4.78 is 0. The van der Waals surface area contributed by atoms with Gasteiger partial charge in [0.2, 0.25) is 0 Å². The molecule has 4 heteroatoms. The quantitative estimate of drug-likeness (QED) is 0.334. The molecule has 0 fully saturated rings. The van der Waals surface area contributed by atoms with Gasteiger partial charge in [-0.2, -0.15) is 0 Å². The zero-order valence-electron chi connectivity index (χ0n) is 17.4. The third kappa shape index (κ3) is 6.63. The summed E-state index contributed by atoms with van der Waals surface area (Å²) in [5, 5.41) is 4.39. The van der Waals surface area contributed by atoms with Crippen LogP contribution in [0.5, 0.6) is 0 Å². The highest BCUT2D eigenvalue weighted by molar-refractivity contribution is 5.98. The van der Waals surface area contributed by atoms with Crippen molar-refractivity contribution in [3.8, 4) is 0 Å². The van der Waals surface area contributed by atoms with Crippen LogP contribution in [-0.4, -0.2) is 15.7 Å². The predicted molar refractivity (Wildman–Crippen MR) is 113 cm³/mol. The molecule has 0 aliphatic carbocycles. The summed E-state index contributed by atoms with van der Waals surface area (Å²) in [5.74, 6) is 1.35. The lowest BCUT2D eigenvalue weighted by Gasteiger charge is -2.11. The van der Waals surface area contributed by atoms with Crippen molar-refractivity contribution in [3.63, 3.8) is 0 Å². The Labute approximate surface area is 163 Å². The molecule has 0 aliphatic rings. The summed E-state index contributed by atoms with van der Waals surface area (Å²) in [4.78, 5) is 14.8. The lowest BCUT2D eigenvalue weighted by molar-refractivity contribution is 0.296. The van der Waals surface area contributed by atoms with E-state index in [-0.39, 0.29) is 0 Å². The average Bonchev–Trinajstić information content (AvgIpc) is 2.60. The second-order valence-corrected chi connectivity index (χ2v) is 7.40. The number of nitrogens with zero attached hydrogens (tertiary/aromatic N) is 3. The molecule has 2 rings (SSSR count). The van der Waals surface area contributed by atoms with Crippen molar-refractivity contribution in [1.29, 1.82) is 0 Å². The Morgan fingerprint density at radius 1 is 1.15 bits per heavy atom. The van der Waals surface area contributed by atoms with Gasteiger partial charge in [-0.1, -0.05) is 32.3 Å². The van der Waals surface area contributed by atoms with Crippen molar-refractivity contribution in [3.05, 3.63) is 64.7 Å². The van der Waals surface area contributed by atoms with Crippen molar-refractivity contribution in [1.82, 2.24) is 9.97 Å². The van der Waals surface area contributed by atoms with E-state index in [0.29, 0.717) is 5.92 Å². The van der Waals surface area contributed by atoms with Crippen LogP contribution in [0.25, 0.3) is 5.76 Å². The van der Waals surface area contributed by atoms with E-state index in [0.717, 1.165) is 58.9 Å². The van der Waals surface area contributed by atoms with E-state index >= 15 is 0 Å². The summed E-state index contributed by atoms with van der Waals surface area (Å²) in [7, 11) is 0. The normalized spacial score (nSPS) is 12.6. The number of hydrogen-bond acceptors (Lipinski definition) is 4. The SMILES string of the molecule is CCC/C=C(/O/N=C(\C)c1ccnc(C)c1)c1cc(C)nc(CC(C)C)c1. The second kappa shape index (κ2) is 10.0. The molecule has 0 radical (unpaired) electrons. The minimum atomic E-state index is 0.561. The molecule has 0 saturated carbocycles. The molecule has 0 bridgehead atoms. The van der Waals surface area contributed by atoms with Crippen LogP contribution in [0.2, 0.25) is 0 Å². The standard InChI is InChI=1S/C23H31N3O/c1-7-8-9-23(21-14-18(5)25-22(15-21)12-16(2)3)27-26-19(6)20-10-11-24-17(4)13-20/h9-11,13-16H,7-8,12H2,1-6H3/b23-9+,26-19+. The van der Waals surface area contributed by atoms with Crippen molar-refractivity contribution < 1.29 is 4.84 Å². The molecule has 27 heavy (non-hydrogen) atoms. The van der Waals surface area contributed by atoms with Gasteiger partial charge < -0.3 is 4.84 Å². The minimum Gasteiger partial charge on any atom is -0.356 e. The van der Waals surface area contributed by atoms with Crippen molar-refractivity contribution in [2.45, 2.75) is 60.8 Å². The topological polar surface area (TPSA) is 47.4 Å². The number of aryl methyl sites for hydroxylation is 2. The molecule has 2 heterocycles. The predicted octanol–water partition coefficient (Wildman–Crippen LogP) is 5.87. The van der Waals surface area contributed by atoms with Crippen LogP contribution in [0.1, 0.15) is 68.7 Å². The number of pyridine rings is 2. The highest BCUT2D eigenvalue weighted by Gasteiger charge is 2.09. The van der Waals surface area contributed by atoms with Crippen molar-refractivity contribution >= 4 is 11.5 Å². The number of oxime groups is 1. The maximum Gasteiger partial charge on any atom is 0.161 e. The van der Waals surface area contributed by atoms with Crippen LogP contribution in [0.3, 0.4) is 0 Å². The van der Waals surface area contributed by atoms with E-state index in [4.69, 9.17) is 4.84 Å². The Morgan fingerprint density at radius 3 is 2.56 bits per heavy atom. The third-order valence-electron chi connectivity index (χ3n) is 4.12. The Kier molecular flexibility index (Phi) is 7.71. The van der Waals surface area contributed by atoms with E-state index in [2.05, 4.69) is 54.1 Å². The fourth-order valence-corrected chi connectivity index (χ4v) is 2.83. The molecule has 0 saturated heterocycles. The minimum absolute atomic E-state index is 0.561. The molecule has 0 aliphatic heterocycles. The third-order valence-corrected chi connectivity index (χ3v) is 4.12. The van der Waals surface area contributed by atoms with E-state index in [1.807, 2.05) is 32.9 Å². The molecule has 0 amide bonds. The Hall–Kier alpha value is -2.49. The molecule has 2 aromatic heterocycles. The Bertz CT molecular complexity index is 822. The molecular formula is C23H31N3O. The summed E-state index contributed by atoms with van der Waals surface area (Å²) in [6.07, 6.45) is 6.86. The molecule has 144 valence electrons. The van der Waals surface area contributed by atoms with Gasteiger partial charge in [0, 0.05) is 34.4 Å². The highest BCUT2D eigenvalue weighted by Crippen LogP contribution is 2.21. The monoisotopic (exact) mass is 365 g/mol. The van der Waals surface area contributed by atoms with Crippen LogP contribution in [0, 0.1) is 19.8 Å². The Morgan fingerprint density at radius 2 is 1.89 bits per heavy atom. The zero-order chi connectivity index (χ0) is 19.8. The van der Waals surface area contributed by atoms with E-state index in [1.54, 1.807) is 6.20 Å². The van der Waals surface area contributed by atoms with E-state index in [9.17, 15) is 0 Å². The molecule has 4 nitrogen and oxygen atoms in total. The first-order valence-electron chi connectivity index (χ1n) is 9.71. The van der Waals surface area contributed by atoms with Gasteiger partial charge in [0.15, 0.2) is 5.76 Å². The smallest absolute Gasteiger partial charge is 0.161 e. The van der Waals surface area contributed by atoms with Crippen LogP contribution >= 0.6 is 0 Å². The summed E-state index contributed by atoms with van der Waals surface area (Å²) in [6, 6.07) is 8.14. The fourth-order valence-electron chi connectivity index (χ4n) is 2.83. The lowest BCUT2D eigenvalue weighted by Crippen LogP contribution is -2.02. The first kappa shape index (κ1) is 20.8. The van der Waals surface area contributed by atoms with Gasteiger partial charge in [0.1, 0.15) is 0 Å². The van der Waals surface area contributed by atoms with E-state index < -0.39 is 0 Å². The molecule has 0 unspecified atom stereocenters.